The Morgan fingerprint density at radius 3 is 2.55 bits per heavy atom. The highest BCUT2D eigenvalue weighted by Gasteiger charge is 2.44. The number of nitrogens with two attached hydrogens (primary N) is 2. The van der Waals surface area contributed by atoms with Gasteiger partial charge in [0.25, 0.3) is 0 Å². The summed E-state index contributed by atoms with van der Waals surface area (Å²) in [5, 5.41) is 8.49. The van der Waals surface area contributed by atoms with Crippen LogP contribution in [0.2, 0.25) is 0 Å². The van der Waals surface area contributed by atoms with Crippen molar-refractivity contribution < 1.29 is 23.5 Å². The normalized spacial score (nSPS) is 17.2. The van der Waals surface area contributed by atoms with Crippen molar-refractivity contribution in [2.45, 2.75) is 19.3 Å². The van der Waals surface area contributed by atoms with E-state index in [0.29, 0.717) is 22.6 Å². The number of hydrazine groups is 1. The number of ketones is 1. The highest BCUT2D eigenvalue weighted by molar-refractivity contribution is 6.05. The van der Waals surface area contributed by atoms with Crippen LogP contribution in [0.5, 0.6) is 11.5 Å². The molecule has 0 fully saturated rings. The Balaban J connectivity index is 1.94. The maximum atomic E-state index is 13.1. The number of hydrogen-bond acceptors (Lipinski definition) is 9. The molecular formula is C23H22N4O6. The van der Waals surface area contributed by atoms with E-state index in [1.165, 1.54) is 19.2 Å². The van der Waals surface area contributed by atoms with Gasteiger partial charge in [-0.1, -0.05) is 0 Å². The first-order chi connectivity index (χ1) is 15.7. The summed E-state index contributed by atoms with van der Waals surface area (Å²) in [7, 11) is 1.37. The zero-order valence-corrected chi connectivity index (χ0v) is 17.9. The molecule has 0 radical (unpaired) electrons. The summed E-state index contributed by atoms with van der Waals surface area (Å²) in [4.78, 5) is 38.5. The third kappa shape index (κ3) is 3.80. The second kappa shape index (κ2) is 8.40. The van der Waals surface area contributed by atoms with E-state index in [1.807, 2.05) is 5.43 Å². The number of benzene rings is 2. The quantitative estimate of drug-likeness (QED) is 0.150. The van der Waals surface area contributed by atoms with Crippen LogP contribution >= 0.6 is 0 Å². The molecule has 0 spiro atoms. The van der Waals surface area contributed by atoms with Crippen molar-refractivity contribution in [1.29, 1.82) is 5.41 Å². The molecule has 10 nitrogen and oxygen atoms in total. The summed E-state index contributed by atoms with van der Waals surface area (Å²) in [5.41, 5.74) is 8.79. The molecule has 3 aromatic rings. The largest absolute Gasteiger partial charge is 0.495 e. The van der Waals surface area contributed by atoms with E-state index in [9.17, 15) is 14.4 Å². The maximum absolute atomic E-state index is 13.1. The molecule has 0 aliphatic carbocycles. The Morgan fingerprint density at radius 1 is 1.21 bits per heavy atom. The van der Waals surface area contributed by atoms with E-state index in [0.717, 1.165) is 0 Å². The number of carbonyl (C=O) groups is 2. The lowest BCUT2D eigenvalue weighted by Gasteiger charge is -2.33. The van der Waals surface area contributed by atoms with E-state index in [-0.39, 0.29) is 40.1 Å². The molecule has 2 aromatic carbocycles. The first kappa shape index (κ1) is 22.0. The molecule has 1 amide bonds. The monoisotopic (exact) mass is 450 g/mol. The molecule has 2 heterocycles. The van der Waals surface area contributed by atoms with Crippen LogP contribution in [0, 0.1) is 18.3 Å². The number of amides is 1. The van der Waals surface area contributed by atoms with Gasteiger partial charge < -0.3 is 19.6 Å². The lowest BCUT2D eigenvalue weighted by atomic mass is 9.77. The number of aryl methyl sites for hydroxylation is 1. The molecular weight excluding hydrogens is 428 g/mol. The maximum Gasteiger partial charge on any atom is 0.246 e. The molecule has 1 aromatic heterocycles. The van der Waals surface area contributed by atoms with E-state index >= 15 is 0 Å². The number of ether oxygens (including phenoxy) is 2. The minimum absolute atomic E-state index is 0.119. The Kier molecular flexibility index (Phi) is 5.60. The predicted octanol–water partition coefficient (Wildman–Crippen LogP) is 2.02. The fourth-order valence-electron chi connectivity index (χ4n) is 4.18. The van der Waals surface area contributed by atoms with E-state index in [2.05, 4.69) is 0 Å². The molecule has 1 aliphatic rings. The zero-order chi connectivity index (χ0) is 23.9. The Hall–Kier alpha value is -4.18. The highest BCUT2D eigenvalue weighted by atomic mass is 16.5. The van der Waals surface area contributed by atoms with Gasteiger partial charge in [0, 0.05) is 41.3 Å². The molecule has 33 heavy (non-hydrogen) atoms. The summed E-state index contributed by atoms with van der Waals surface area (Å²) in [6.45, 7) is 1.63. The number of hydrogen-bond donors (Lipinski definition) is 4. The SMILES string of the molecule is COc1c2c(cc3oc(C)cc(=O)c13)OC(=N)C(C(=O)NN)C2CC(=O)c1ccc(N)cc1. The van der Waals surface area contributed by atoms with Gasteiger partial charge in [-0.25, -0.2) is 5.84 Å². The van der Waals surface area contributed by atoms with Crippen LogP contribution in [0.3, 0.4) is 0 Å². The summed E-state index contributed by atoms with van der Waals surface area (Å²) >= 11 is 0. The molecule has 2 atom stereocenters. The number of nitrogens with one attached hydrogen (secondary N) is 2. The van der Waals surface area contributed by atoms with Crippen molar-refractivity contribution in [2.24, 2.45) is 11.8 Å². The van der Waals surface area contributed by atoms with Crippen LogP contribution in [-0.2, 0) is 4.79 Å². The van der Waals surface area contributed by atoms with Gasteiger partial charge in [-0.2, -0.15) is 0 Å². The molecule has 0 saturated heterocycles. The third-order valence-corrected chi connectivity index (χ3v) is 5.64. The minimum Gasteiger partial charge on any atom is -0.495 e. The smallest absolute Gasteiger partial charge is 0.246 e. The average Bonchev–Trinajstić information content (AvgIpc) is 2.77. The van der Waals surface area contributed by atoms with Crippen molar-refractivity contribution in [1.82, 2.24) is 5.43 Å². The highest BCUT2D eigenvalue weighted by Crippen LogP contribution is 2.48. The van der Waals surface area contributed by atoms with Crippen molar-refractivity contribution in [3.8, 4) is 11.5 Å². The molecule has 2 unspecified atom stereocenters. The molecule has 170 valence electrons. The first-order valence-corrected chi connectivity index (χ1v) is 10.1. The predicted molar refractivity (Wildman–Crippen MR) is 120 cm³/mol. The Labute approximate surface area is 187 Å². The molecule has 0 bridgehead atoms. The summed E-state index contributed by atoms with van der Waals surface area (Å²) in [6.07, 6.45) is -0.181. The second-order valence-electron chi connectivity index (χ2n) is 7.72. The van der Waals surface area contributed by atoms with Gasteiger partial charge in [0.15, 0.2) is 11.2 Å². The molecule has 10 heteroatoms. The zero-order valence-electron chi connectivity index (χ0n) is 17.9. The first-order valence-electron chi connectivity index (χ1n) is 10.1. The average molecular weight is 450 g/mol. The third-order valence-electron chi connectivity index (χ3n) is 5.64. The van der Waals surface area contributed by atoms with Crippen molar-refractivity contribution in [2.75, 3.05) is 12.8 Å². The van der Waals surface area contributed by atoms with E-state index < -0.39 is 23.6 Å². The van der Waals surface area contributed by atoms with Crippen LogP contribution in [0.4, 0.5) is 5.69 Å². The summed E-state index contributed by atoms with van der Waals surface area (Å²) < 4.78 is 16.9. The van der Waals surface area contributed by atoms with Gasteiger partial charge in [0.2, 0.25) is 11.8 Å². The van der Waals surface area contributed by atoms with E-state index in [1.54, 1.807) is 31.2 Å². The minimum atomic E-state index is -1.22. The van der Waals surface area contributed by atoms with Crippen LogP contribution in [-0.4, -0.2) is 24.7 Å². The van der Waals surface area contributed by atoms with Crippen molar-refractivity contribution in [3.63, 3.8) is 0 Å². The topological polar surface area (TPSA) is 171 Å². The number of anilines is 1. The summed E-state index contributed by atoms with van der Waals surface area (Å²) in [6, 6.07) is 9.14. The molecule has 1 aliphatic heterocycles. The molecule has 6 N–H and O–H groups in total. The fourth-order valence-corrected chi connectivity index (χ4v) is 4.18. The number of methoxy groups -OCH3 is 1. The Bertz CT molecular complexity index is 1350. The number of nitrogen functional groups attached to an aromatic ring is 1. The van der Waals surface area contributed by atoms with Crippen LogP contribution in [0.1, 0.15) is 34.0 Å². The summed E-state index contributed by atoms with van der Waals surface area (Å²) in [5.74, 6) is 2.52. The van der Waals surface area contributed by atoms with Crippen molar-refractivity contribution >= 4 is 34.2 Å². The van der Waals surface area contributed by atoms with Gasteiger partial charge in [0.1, 0.15) is 34.1 Å². The van der Waals surface area contributed by atoms with E-state index in [4.69, 9.17) is 30.9 Å². The molecule has 4 rings (SSSR count). The number of rotatable bonds is 5. The lowest BCUT2D eigenvalue weighted by molar-refractivity contribution is -0.124. The standard InChI is InChI=1S/C23H22N4O6/c1-10-7-15(29)20-17(32-10)9-16-18(21(20)31-2)13(19(22(25)33-16)23(30)27-26)8-14(28)11-3-5-12(24)6-4-11/h3-7,9,13,19,25H,8,24,26H2,1-2H3,(H,27,30). The second-order valence-corrected chi connectivity index (χ2v) is 7.72. The van der Waals surface area contributed by atoms with Gasteiger partial charge in [-0.3, -0.25) is 25.2 Å². The van der Waals surface area contributed by atoms with Crippen LogP contribution in [0.15, 0.2) is 45.6 Å². The fraction of sp³-hybridized carbons (Fsp3) is 0.217. The number of carbonyl (C=O) groups excluding carboxylic acids is 2. The Morgan fingerprint density at radius 2 is 1.91 bits per heavy atom. The van der Waals surface area contributed by atoms with Gasteiger partial charge in [-0.15, -0.1) is 0 Å². The van der Waals surface area contributed by atoms with Gasteiger partial charge in [0.05, 0.1) is 7.11 Å². The van der Waals surface area contributed by atoms with Crippen LogP contribution in [0.25, 0.3) is 11.0 Å². The van der Waals surface area contributed by atoms with Gasteiger partial charge in [-0.05, 0) is 31.2 Å². The molecule has 0 saturated carbocycles. The van der Waals surface area contributed by atoms with Crippen molar-refractivity contribution in [3.05, 3.63) is 63.5 Å². The van der Waals surface area contributed by atoms with Crippen LogP contribution < -0.4 is 31.9 Å². The van der Waals surface area contributed by atoms with Gasteiger partial charge >= 0.3 is 0 Å². The lowest BCUT2D eigenvalue weighted by Crippen LogP contribution is -2.46. The number of fused-ring (bicyclic) bond motifs is 2. The number of Topliss-reactive ketones (excluding diaryl/α,β-unsaturated/α-hetero) is 1.